The van der Waals surface area contributed by atoms with Gasteiger partial charge in [0.15, 0.2) is 11.9 Å². The summed E-state index contributed by atoms with van der Waals surface area (Å²) in [6.45, 7) is 17.0. The van der Waals surface area contributed by atoms with E-state index in [0.717, 1.165) is 106 Å². The third kappa shape index (κ3) is 9.40. The van der Waals surface area contributed by atoms with Crippen molar-refractivity contribution < 1.29 is 38.7 Å². The summed E-state index contributed by atoms with van der Waals surface area (Å²) in [5.41, 5.74) is 3.77. The summed E-state index contributed by atoms with van der Waals surface area (Å²) in [6, 6.07) is 16.3. The minimum absolute atomic E-state index is 0.0670. The van der Waals surface area contributed by atoms with Crippen molar-refractivity contribution in [1.29, 1.82) is 0 Å². The van der Waals surface area contributed by atoms with Crippen LogP contribution in [0.15, 0.2) is 60.9 Å². The molecule has 0 unspecified atom stereocenters. The van der Waals surface area contributed by atoms with Crippen molar-refractivity contribution in [3.05, 3.63) is 71.0 Å². The van der Waals surface area contributed by atoms with Gasteiger partial charge in [-0.05, 0) is 106 Å². The summed E-state index contributed by atoms with van der Waals surface area (Å²) in [5.74, 6) is -1.82. The number of aliphatic carboxylic acids is 1. The van der Waals surface area contributed by atoms with Gasteiger partial charge in [0, 0.05) is 115 Å². The number of fused-ring (bicyclic) bond motifs is 4. The molecule has 2 aromatic heterocycles. The molecule has 11 rings (SSSR count). The first-order chi connectivity index (χ1) is 30.9. The molecule has 2 aromatic carbocycles. The van der Waals surface area contributed by atoms with Crippen LogP contribution in [0.4, 0.5) is 11.4 Å². The Hall–Kier alpha value is -3.86. The highest BCUT2D eigenvalue weighted by atomic mass is 35.5. The molecule has 7 aliphatic rings. The van der Waals surface area contributed by atoms with E-state index in [9.17, 15) is 9.59 Å². The fourth-order valence-corrected chi connectivity index (χ4v) is 11.4. The lowest BCUT2D eigenvalue weighted by Crippen LogP contribution is -2.70. The molecule has 344 valence electrons. The SMILES string of the molecule is C[C@H]1[C@H](OC(=O)CCC(=O)O)O[C@@H]2O[C@@]3(C)CC[C@H]4[C@H](C)CC[C@@H]1[C@@]24OO3.Clc1ccc2c(N3CCN(CCCN4CCN(c5ccnc6cc(Cl)ccc56)CC4)CC3)ccnc2c1. The molecule has 1 spiro atoms. The smallest absolute Gasteiger partial charge is 0.308 e. The van der Waals surface area contributed by atoms with E-state index >= 15 is 0 Å². The fourth-order valence-electron chi connectivity index (χ4n) is 11.1. The first kappa shape index (κ1) is 45.3. The highest BCUT2D eigenvalue weighted by Crippen LogP contribution is 2.60. The van der Waals surface area contributed by atoms with Gasteiger partial charge in [0.2, 0.25) is 12.1 Å². The van der Waals surface area contributed by atoms with Crippen LogP contribution in [0.2, 0.25) is 10.0 Å². The summed E-state index contributed by atoms with van der Waals surface area (Å²) in [6.07, 6.45) is 6.73. The molecule has 16 heteroatoms. The predicted molar refractivity (Wildman–Crippen MR) is 245 cm³/mol. The van der Waals surface area contributed by atoms with E-state index in [1.165, 1.54) is 28.6 Å². The Morgan fingerprint density at radius 3 is 1.91 bits per heavy atom. The van der Waals surface area contributed by atoms with Crippen molar-refractivity contribution in [2.45, 2.75) is 89.7 Å². The van der Waals surface area contributed by atoms with Gasteiger partial charge in [-0.2, -0.15) is 0 Å². The third-order valence-electron chi connectivity index (χ3n) is 14.6. The zero-order valence-electron chi connectivity index (χ0n) is 37.0. The van der Waals surface area contributed by atoms with Crippen LogP contribution in [0.25, 0.3) is 21.8 Å². The molecule has 7 fully saturated rings. The zero-order valence-corrected chi connectivity index (χ0v) is 38.5. The number of ether oxygens (including phenoxy) is 3. The minimum Gasteiger partial charge on any atom is -0.481 e. The predicted octanol–water partition coefficient (Wildman–Crippen LogP) is 8.03. The zero-order chi connectivity index (χ0) is 44.6. The molecule has 64 heavy (non-hydrogen) atoms. The van der Waals surface area contributed by atoms with Crippen LogP contribution in [0.5, 0.6) is 0 Å². The molecule has 1 N–H and O–H groups in total. The van der Waals surface area contributed by atoms with Gasteiger partial charge in [-0.15, -0.1) is 0 Å². The molecule has 6 saturated heterocycles. The Labute approximate surface area is 384 Å². The molecule has 0 radical (unpaired) electrons. The van der Waals surface area contributed by atoms with Gasteiger partial charge in [0.25, 0.3) is 0 Å². The number of carbonyl (C=O) groups excluding carboxylic acids is 1. The van der Waals surface area contributed by atoms with E-state index in [4.69, 9.17) is 52.3 Å². The summed E-state index contributed by atoms with van der Waals surface area (Å²) in [4.78, 5) is 53.7. The Kier molecular flexibility index (Phi) is 13.6. The second-order valence-corrected chi connectivity index (χ2v) is 19.5. The molecular formula is C48H60Cl2N6O8. The highest BCUT2D eigenvalue weighted by molar-refractivity contribution is 6.31. The van der Waals surface area contributed by atoms with Crippen LogP contribution in [0, 0.1) is 23.7 Å². The summed E-state index contributed by atoms with van der Waals surface area (Å²) < 4.78 is 17.8. The number of esters is 1. The first-order valence-corrected chi connectivity index (χ1v) is 23.8. The third-order valence-corrected chi connectivity index (χ3v) is 15.1. The van der Waals surface area contributed by atoms with Crippen molar-refractivity contribution in [2.24, 2.45) is 23.7 Å². The number of carboxylic acids is 1. The van der Waals surface area contributed by atoms with E-state index in [1.807, 2.05) is 50.5 Å². The Bertz CT molecular complexity index is 2210. The van der Waals surface area contributed by atoms with Crippen LogP contribution in [-0.4, -0.2) is 126 Å². The lowest BCUT2D eigenvalue weighted by Gasteiger charge is -2.59. The van der Waals surface area contributed by atoms with Gasteiger partial charge >= 0.3 is 11.9 Å². The number of rotatable bonds is 10. The molecule has 8 heterocycles. The number of aromatic nitrogens is 2. The molecule has 4 aromatic rings. The topological polar surface area (TPSA) is 139 Å². The van der Waals surface area contributed by atoms with Crippen LogP contribution in [0.1, 0.15) is 65.7 Å². The quantitative estimate of drug-likeness (QED) is 0.121. The van der Waals surface area contributed by atoms with E-state index in [-0.39, 0.29) is 30.6 Å². The second-order valence-electron chi connectivity index (χ2n) is 18.7. The maximum absolute atomic E-state index is 12.1. The lowest BCUT2D eigenvalue weighted by atomic mass is 9.58. The molecule has 1 aliphatic carbocycles. The number of carbonyl (C=O) groups is 2. The van der Waals surface area contributed by atoms with Crippen molar-refractivity contribution in [1.82, 2.24) is 19.8 Å². The van der Waals surface area contributed by atoms with Crippen molar-refractivity contribution >= 4 is 68.3 Å². The van der Waals surface area contributed by atoms with Gasteiger partial charge in [-0.3, -0.25) is 29.4 Å². The van der Waals surface area contributed by atoms with E-state index in [0.29, 0.717) is 12.3 Å². The molecular weight excluding hydrogens is 859 g/mol. The number of hydrogen-bond donors (Lipinski definition) is 1. The number of anilines is 2. The summed E-state index contributed by atoms with van der Waals surface area (Å²) in [5, 5.41) is 12.6. The van der Waals surface area contributed by atoms with Gasteiger partial charge in [-0.1, -0.05) is 37.0 Å². The largest absolute Gasteiger partial charge is 0.481 e. The normalized spacial score (nSPS) is 30.6. The van der Waals surface area contributed by atoms with Crippen LogP contribution in [-0.2, 0) is 33.6 Å². The van der Waals surface area contributed by atoms with E-state index in [1.54, 1.807) is 0 Å². The van der Waals surface area contributed by atoms with Crippen LogP contribution >= 0.6 is 23.2 Å². The van der Waals surface area contributed by atoms with Gasteiger partial charge < -0.3 is 29.1 Å². The number of nitrogens with zero attached hydrogens (tertiary/aromatic N) is 6. The van der Waals surface area contributed by atoms with E-state index in [2.05, 4.69) is 60.8 Å². The fraction of sp³-hybridized carbons (Fsp3) is 0.583. The second kappa shape index (κ2) is 19.2. The standard InChI is InChI=1S/C29H32Cl2N6.C19H28O8/c30-22-2-4-24-26(20-22)32-8-6-28(24)36-16-12-34(13-17-36)10-1-11-35-14-18-37(19-15-35)29-7-9-33-27-21-23(31)3-5-25(27)29;1-10-4-5-13-11(2)16(23-15(22)7-6-14(20)21)24-17-19(13)12(10)8-9-18(3,25-17)26-27-19/h2-9,20-21H,1,10-19H2;10-13,16-17H,4-9H2,1-3H3,(H,20,21)/t;10-,11-,12+,13+,16-,17-,18-,19-/m.1/s1. The van der Waals surface area contributed by atoms with Crippen molar-refractivity contribution in [3.8, 4) is 0 Å². The average Bonchev–Trinajstić information content (AvgIpc) is 3.53. The first-order valence-electron chi connectivity index (χ1n) is 23.0. The minimum atomic E-state index is -1.03. The van der Waals surface area contributed by atoms with Gasteiger partial charge in [-0.25, -0.2) is 9.78 Å². The maximum Gasteiger partial charge on any atom is 0.308 e. The number of piperazine rings is 2. The molecule has 6 aliphatic heterocycles. The molecule has 1 saturated carbocycles. The van der Waals surface area contributed by atoms with Gasteiger partial charge in [0.05, 0.1) is 23.9 Å². The molecule has 14 nitrogen and oxygen atoms in total. The van der Waals surface area contributed by atoms with Crippen molar-refractivity contribution in [3.63, 3.8) is 0 Å². The van der Waals surface area contributed by atoms with Crippen LogP contribution in [0.3, 0.4) is 0 Å². The number of benzene rings is 2. The van der Waals surface area contributed by atoms with Gasteiger partial charge in [0.1, 0.15) is 0 Å². The van der Waals surface area contributed by atoms with Crippen molar-refractivity contribution in [2.75, 3.05) is 75.2 Å². The molecule has 0 amide bonds. The number of halogens is 2. The summed E-state index contributed by atoms with van der Waals surface area (Å²) in [7, 11) is 0. The summed E-state index contributed by atoms with van der Waals surface area (Å²) >= 11 is 12.3. The van der Waals surface area contributed by atoms with Crippen LogP contribution < -0.4 is 9.80 Å². The molecule has 8 atom stereocenters. The average molecular weight is 920 g/mol. The monoisotopic (exact) mass is 918 g/mol. The number of pyridine rings is 2. The maximum atomic E-state index is 12.1. The molecule has 2 bridgehead atoms. The van der Waals surface area contributed by atoms with E-state index < -0.39 is 35.9 Å². The number of carboxylic acid groups (broad SMARTS) is 1. The lowest BCUT2D eigenvalue weighted by molar-refractivity contribution is -0.576. The Balaban J connectivity index is 0.000000170. The Morgan fingerprint density at radius 2 is 1.34 bits per heavy atom. The Morgan fingerprint density at radius 1 is 0.766 bits per heavy atom. The number of hydrogen-bond acceptors (Lipinski definition) is 13. The highest BCUT2D eigenvalue weighted by Gasteiger charge is 2.69.